The van der Waals surface area contributed by atoms with E-state index in [0.717, 1.165) is 42.3 Å². The quantitative estimate of drug-likeness (QED) is 0.410. The van der Waals surface area contributed by atoms with E-state index in [1.807, 2.05) is 17.0 Å². The SMILES string of the molecule is CC(C)(C)CCN(CC(C)(C)CN)C(=O)c1cc2ccccc2cc1CCc1ccccc1. The van der Waals surface area contributed by atoms with Gasteiger partial charge in [0, 0.05) is 18.7 Å². The van der Waals surface area contributed by atoms with E-state index < -0.39 is 0 Å². The first-order valence-electron chi connectivity index (χ1n) is 12.1. The van der Waals surface area contributed by atoms with Crippen LogP contribution in [0.2, 0.25) is 0 Å². The Kier molecular flexibility index (Phi) is 7.97. The Morgan fingerprint density at radius 1 is 0.848 bits per heavy atom. The Balaban J connectivity index is 1.98. The topological polar surface area (TPSA) is 46.3 Å². The van der Waals surface area contributed by atoms with E-state index in [1.165, 1.54) is 10.9 Å². The fraction of sp³-hybridized carbons (Fsp3) is 0.433. The summed E-state index contributed by atoms with van der Waals surface area (Å²) >= 11 is 0. The highest BCUT2D eigenvalue weighted by Gasteiger charge is 2.27. The minimum absolute atomic E-state index is 0.120. The van der Waals surface area contributed by atoms with E-state index in [1.54, 1.807) is 0 Å². The standard InChI is InChI=1S/C30H40N2O/c1-29(2,3)17-18-32(22-30(4,5)21-31)28(33)27-20-25-14-10-9-13-24(25)19-26(27)16-15-23-11-7-6-8-12-23/h6-14,19-20H,15-18,21-22,31H2,1-5H3. The van der Waals surface area contributed by atoms with Crippen LogP contribution < -0.4 is 5.73 Å². The molecule has 1 amide bonds. The summed E-state index contributed by atoms with van der Waals surface area (Å²) in [5, 5.41) is 2.29. The lowest BCUT2D eigenvalue weighted by atomic mass is 9.89. The van der Waals surface area contributed by atoms with Gasteiger partial charge in [0.25, 0.3) is 5.91 Å². The first-order valence-corrected chi connectivity index (χ1v) is 12.1. The number of amides is 1. The highest BCUT2D eigenvalue weighted by atomic mass is 16.2. The van der Waals surface area contributed by atoms with Gasteiger partial charge in [0.1, 0.15) is 0 Å². The summed E-state index contributed by atoms with van der Waals surface area (Å²) in [6.07, 6.45) is 2.70. The Bertz CT molecular complexity index is 1060. The van der Waals surface area contributed by atoms with Crippen molar-refractivity contribution >= 4 is 16.7 Å². The molecule has 0 aromatic heterocycles. The summed E-state index contributed by atoms with van der Waals surface area (Å²) in [5.74, 6) is 0.120. The third kappa shape index (κ3) is 7.17. The van der Waals surface area contributed by atoms with Crippen molar-refractivity contribution in [1.29, 1.82) is 0 Å². The first-order chi connectivity index (χ1) is 15.6. The second-order valence-corrected chi connectivity index (χ2v) is 11.2. The van der Waals surface area contributed by atoms with Gasteiger partial charge in [0.15, 0.2) is 0 Å². The predicted molar refractivity (Wildman–Crippen MR) is 141 cm³/mol. The van der Waals surface area contributed by atoms with Crippen LogP contribution in [0.1, 0.15) is 62.5 Å². The molecule has 0 fully saturated rings. The summed E-state index contributed by atoms with van der Waals surface area (Å²) in [4.78, 5) is 16.1. The lowest BCUT2D eigenvalue weighted by Crippen LogP contribution is -2.43. The third-order valence-electron chi connectivity index (χ3n) is 6.32. The smallest absolute Gasteiger partial charge is 0.254 e. The maximum atomic E-state index is 14.0. The molecule has 0 radical (unpaired) electrons. The molecule has 0 saturated carbocycles. The monoisotopic (exact) mass is 444 g/mol. The van der Waals surface area contributed by atoms with Gasteiger partial charge in [-0.25, -0.2) is 0 Å². The molecule has 0 aliphatic heterocycles. The van der Waals surface area contributed by atoms with Crippen molar-refractivity contribution in [3.63, 3.8) is 0 Å². The lowest BCUT2D eigenvalue weighted by Gasteiger charge is -2.34. The number of carbonyl (C=O) groups is 1. The largest absolute Gasteiger partial charge is 0.338 e. The number of carbonyl (C=O) groups excluding carboxylic acids is 1. The predicted octanol–water partition coefficient (Wildman–Crippen LogP) is 6.49. The van der Waals surface area contributed by atoms with Crippen molar-refractivity contribution in [2.45, 2.75) is 53.9 Å². The zero-order valence-corrected chi connectivity index (χ0v) is 21.0. The molecular formula is C30H40N2O. The van der Waals surface area contributed by atoms with Crippen molar-refractivity contribution in [2.75, 3.05) is 19.6 Å². The maximum absolute atomic E-state index is 14.0. The Morgan fingerprint density at radius 2 is 1.45 bits per heavy atom. The van der Waals surface area contributed by atoms with Gasteiger partial charge in [-0.3, -0.25) is 4.79 Å². The summed E-state index contributed by atoms with van der Waals surface area (Å²) in [5.41, 5.74) is 9.32. The molecule has 33 heavy (non-hydrogen) atoms. The number of nitrogens with zero attached hydrogens (tertiary/aromatic N) is 1. The molecule has 0 aliphatic carbocycles. The molecule has 2 N–H and O–H groups in total. The Labute approximate surface area is 200 Å². The van der Waals surface area contributed by atoms with E-state index in [0.29, 0.717) is 13.1 Å². The zero-order chi connectivity index (χ0) is 24.1. The van der Waals surface area contributed by atoms with Crippen LogP contribution in [-0.2, 0) is 12.8 Å². The van der Waals surface area contributed by atoms with E-state index in [2.05, 4.69) is 89.2 Å². The molecule has 3 rings (SSSR count). The van der Waals surface area contributed by atoms with E-state index in [-0.39, 0.29) is 16.7 Å². The number of aryl methyl sites for hydroxylation is 2. The second-order valence-electron chi connectivity index (χ2n) is 11.2. The van der Waals surface area contributed by atoms with Crippen LogP contribution in [0.15, 0.2) is 66.7 Å². The van der Waals surface area contributed by atoms with Gasteiger partial charge < -0.3 is 10.6 Å². The molecule has 0 bridgehead atoms. The average Bonchev–Trinajstić information content (AvgIpc) is 2.79. The Hall–Kier alpha value is -2.65. The summed E-state index contributed by atoms with van der Waals surface area (Å²) in [6.45, 7) is 12.9. The molecule has 3 aromatic rings. The van der Waals surface area contributed by atoms with E-state index in [9.17, 15) is 4.79 Å². The molecular weight excluding hydrogens is 404 g/mol. The van der Waals surface area contributed by atoms with Crippen molar-refractivity contribution in [3.05, 3.63) is 83.4 Å². The normalized spacial score (nSPS) is 12.2. The number of rotatable bonds is 9. The van der Waals surface area contributed by atoms with Gasteiger partial charge in [-0.1, -0.05) is 95.3 Å². The molecule has 3 heteroatoms. The maximum Gasteiger partial charge on any atom is 0.254 e. The van der Waals surface area contributed by atoms with Crippen molar-refractivity contribution in [3.8, 4) is 0 Å². The number of hydrogen-bond acceptors (Lipinski definition) is 2. The van der Waals surface area contributed by atoms with Crippen molar-refractivity contribution < 1.29 is 4.79 Å². The van der Waals surface area contributed by atoms with Gasteiger partial charge in [-0.15, -0.1) is 0 Å². The zero-order valence-electron chi connectivity index (χ0n) is 21.0. The van der Waals surface area contributed by atoms with Crippen LogP contribution in [0.4, 0.5) is 0 Å². The fourth-order valence-electron chi connectivity index (χ4n) is 4.09. The third-order valence-corrected chi connectivity index (χ3v) is 6.32. The van der Waals surface area contributed by atoms with Crippen LogP contribution in [0.25, 0.3) is 10.8 Å². The first kappa shape index (κ1) is 25.0. The summed E-state index contributed by atoms with van der Waals surface area (Å²) < 4.78 is 0. The van der Waals surface area contributed by atoms with Crippen LogP contribution in [0.5, 0.6) is 0 Å². The molecule has 0 unspecified atom stereocenters. The fourth-order valence-corrected chi connectivity index (χ4v) is 4.09. The molecule has 0 heterocycles. The van der Waals surface area contributed by atoms with Crippen LogP contribution in [0, 0.1) is 10.8 Å². The number of hydrogen-bond donors (Lipinski definition) is 1. The molecule has 176 valence electrons. The summed E-state index contributed by atoms with van der Waals surface area (Å²) in [7, 11) is 0. The molecule has 3 aromatic carbocycles. The van der Waals surface area contributed by atoms with Crippen LogP contribution in [0.3, 0.4) is 0 Å². The van der Waals surface area contributed by atoms with Gasteiger partial charge >= 0.3 is 0 Å². The lowest BCUT2D eigenvalue weighted by molar-refractivity contribution is 0.0666. The van der Waals surface area contributed by atoms with E-state index in [4.69, 9.17) is 5.73 Å². The number of nitrogens with two attached hydrogens (primary N) is 1. The molecule has 3 nitrogen and oxygen atoms in total. The van der Waals surface area contributed by atoms with Gasteiger partial charge in [-0.2, -0.15) is 0 Å². The minimum Gasteiger partial charge on any atom is -0.338 e. The highest BCUT2D eigenvalue weighted by molar-refractivity contribution is 6.00. The molecule has 0 aliphatic rings. The summed E-state index contributed by atoms with van der Waals surface area (Å²) in [6, 6.07) is 23.1. The van der Waals surface area contributed by atoms with E-state index >= 15 is 0 Å². The highest BCUT2D eigenvalue weighted by Crippen LogP contribution is 2.27. The van der Waals surface area contributed by atoms with Gasteiger partial charge in [-0.05, 0) is 64.6 Å². The molecule has 0 saturated heterocycles. The van der Waals surface area contributed by atoms with Gasteiger partial charge in [0.05, 0.1) is 0 Å². The average molecular weight is 445 g/mol. The van der Waals surface area contributed by atoms with Gasteiger partial charge in [0.2, 0.25) is 0 Å². The van der Waals surface area contributed by atoms with Crippen molar-refractivity contribution in [1.82, 2.24) is 4.90 Å². The number of benzene rings is 3. The number of fused-ring (bicyclic) bond motifs is 1. The van der Waals surface area contributed by atoms with Crippen LogP contribution >= 0.6 is 0 Å². The molecule has 0 atom stereocenters. The van der Waals surface area contributed by atoms with Crippen molar-refractivity contribution in [2.24, 2.45) is 16.6 Å². The second kappa shape index (κ2) is 10.5. The minimum atomic E-state index is -0.130. The molecule has 0 spiro atoms. The Morgan fingerprint density at radius 3 is 2.06 bits per heavy atom. The van der Waals surface area contributed by atoms with Crippen LogP contribution in [-0.4, -0.2) is 30.4 Å².